The number of nitrogens with zero attached hydrogens (tertiary/aromatic N) is 2. The van der Waals surface area contributed by atoms with Crippen molar-refractivity contribution in [3.63, 3.8) is 0 Å². The van der Waals surface area contributed by atoms with Crippen molar-refractivity contribution >= 4 is 29.4 Å². The van der Waals surface area contributed by atoms with Crippen LogP contribution in [0.4, 0.5) is 5.69 Å². The first kappa shape index (κ1) is 23.4. The first-order valence-electron chi connectivity index (χ1n) is 10.5. The number of nitro groups is 1. The van der Waals surface area contributed by atoms with Gasteiger partial charge in [-0.3, -0.25) is 14.9 Å². The Hall–Kier alpha value is -3.79. The predicted molar refractivity (Wildman–Crippen MR) is 128 cm³/mol. The minimum absolute atomic E-state index is 0.00844. The summed E-state index contributed by atoms with van der Waals surface area (Å²) in [6.45, 7) is 0.398. The molecule has 0 spiro atoms. The van der Waals surface area contributed by atoms with E-state index in [-0.39, 0.29) is 17.6 Å². The van der Waals surface area contributed by atoms with Gasteiger partial charge in [0.15, 0.2) is 0 Å². The van der Waals surface area contributed by atoms with Gasteiger partial charge in [-0.15, -0.1) is 0 Å². The van der Waals surface area contributed by atoms with Gasteiger partial charge in [0.05, 0.1) is 17.2 Å². The second kappa shape index (κ2) is 10.9. The van der Waals surface area contributed by atoms with Crippen LogP contribution in [0.15, 0.2) is 77.9 Å². The molecule has 2 unspecified atom stereocenters. The van der Waals surface area contributed by atoms with Gasteiger partial charge in [0.25, 0.3) is 11.6 Å². The lowest BCUT2D eigenvalue weighted by atomic mass is 10.0. The fourth-order valence-electron chi connectivity index (χ4n) is 3.50. The number of hydrogen-bond donors (Lipinski definition) is 3. The van der Waals surface area contributed by atoms with Crippen molar-refractivity contribution in [2.45, 2.75) is 25.1 Å². The van der Waals surface area contributed by atoms with Crippen molar-refractivity contribution < 1.29 is 14.5 Å². The van der Waals surface area contributed by atoms with E-state index in [1.165, 1.54) is 18.3 Å². The Kier molecular flexibility index (Phi) is 7.48. The number of hydrazone groups is 1. The van der Waals surface area contributed by atoms with E-state index in [9.17, 15) is 14.9 Å². The Bertz CT molecular complexity index is 1180. The second-order valence-corrected chi connectivity index (χ2v) is 8.10. The van der Waals surface area contributed by atoms with Crippen LogP contribution in [0.2, 0.25) is 5.02 Å². The zero-order valence-electron chi connectivity index (χ0n) is 18.0. The van der Waals surface area contributed by atoms with Gasteiger partial charge in [-0.2, -0.15) is 5.10 Å². The molecule has 0 bridgehead atoms. The van der Waals surface area contributed by atoms with Crippen LogP contribution in [0, 0.1) is 10.1 Å². The maximum atomic E-state index is 12.5. The van der Waals surface area contributed by atoms with E-state index in [0.29, 0.717) is 23.6 Å². The molecular formula is C24H22ClN5O4. The number of non-ortho nitro benzene ring substituents is 1. The highest BCUT2D eigenvalue weighted by Crippen LogP contribution is 2.30. The van der Waals surface area contributed by atoms with E-state index in [0.717, 1.165) is 16.9 Å². The zero-order valence-corrected chi connectivity index (χ0v) is 18.7. The second-order valence-electron chi connectivity index (χ2n) is 7.67. The van der Waals surface area contributed by atoms with Crippen molar-refractivity contribution in [2.75, 3.05) is 0 Å². The molecular weight excluding hydrogens is 458 g/mol. The van der Waals surface area contributed by atoms with E-state index in [4.69, 9.17) is 16.3 Å². The summed E-state index contributed by atoms with van der Waals surface area (Å²) in [5.41, 5.74) is 11.2. The normalized spacial score (nSPS) is 17.6. The van der Waals surface area contributed by atoms with Crippen molar-refractivity contribution in [1.29, 1.82) is 0 Å². The Labute approximate surface area is 200 Å². The molecule has 1 saturated heterocycles. The number of amides is 1. The molecule has 34 heavy (non-hydrogen) atoms. The molecule has 174 valence electrons. The predicted octanol–water partition coefficient (Wildman–Crippen LogP) is 3.89. The highest BCUT2D eigenvalue weighted by molar-refractivity contribution is 6.30. The molecule has 0 aliphatic carbocycles. The van der Waals surface area contributed by atoms with Crippen molar-refractivity contribution in [2.24, 2.45) is 5.10 Å². The fraction of sp³-hybridized carbons (Fsp3) is 0.167. The Morgan fingerprint density at radius 2 is 1.85 bits per heavy atom. The van der Waals surface area contributed by atoms with Crippen LogP contribution in [0.1, 0.15) is 29.2 Å². The minimum Gasteiger partial charge on any atom is -0.489 e. The molecule has 1 fully saturated rings. The molecule has 0 aromatic heterocycles. The molecule has 0 saturated carbocycles. The average molecular weight is 480 g/mol. The van der Waals surface area contributed by atoms with E-state index in [2.05, 4.69) is 21.4 Å². The van der Waals surface area contributed by atoms with Crippen LogP contribution in [-0.4, -0.2) is 23.1 Å². The van der Waals surface area contributed by atoms with Crippen LogP contribution < -0.4 is 21.0 Å². The number of rotatable bonds is 8. The topological polar surface area (TPSA) is 118 Å². The number of hydrazine groups is 1. The molecule has 2 atom stereocenters. The Morgan fingerprint density at radius 1 is 1.12 bits per heavy atom. The van der Waals surface area contributed by atoms with Gasteiger partial charge in [0, 0.05) is 22.7 Å². The standard InChI is InChI=1S/C24H22ClN5O4/c25-18-9-5-17(6-10-18)15-34-23-4-2-1-3-20(23)21-13-22(28-27-21)24(31)29-26-14-16-7-11-19(12-8-16)30(32)33/h1-12,14,21-22,27-28H,13,15H2,(H,29,31)/b26-14+. The number of ether oxygens (including phenoxy) is 1. The molecule has 3 N–H and O–H groups in total. The first-order valence-corrected chi connectivity index (χ1v) is 10.9. The summed E-state index contributed by atoms with van der Waals surface area (Å²) >= 11 is 5.94. The molecule has 1 heterocycles. The van der Waals surface area contributed by atoms with Gasteiger partial charge >= 0.3 is 0 Å². The largest absolute Gasteiger partial charge is 0.489 e. The third-order valence-electron chi connectivity index (χ3n) is 5.31. The molecule has 1 aliphatic rings. The summed E-state index contributed by atoms with van der Waals surface area (Å²) in [6.07, 6.45) is 1.93. The minimum atomic E-state index is -0.497. The van der Waals surface area contributed by atoms with Gasteiger partial charge in [-0.05, 0) is 47.9 Å². The van der Waals surface area contributed by atoms with Crippen molar-refractivity contribution in [3.8, 4) is 5.75 Å². The summed E-state index contributed by atoms with van der Waals surface area (Å²) in [7, 11) is 0. The lowest BCUT2D eigenvalue weighted by molar-refractivity contribution is -0.384. The molecule has 10 heteroatoms. The van der Waals surface area contributed by atoms with E-state index >= 15 is 0 Å². The molecule has 3 aromatic carbocycles. The van der Waals surface area contributed by atoms with Gasteiger partial charge in [0.2, 0.25) is 0 Å². The van der Waals surface area contributed by atoms with E-state index in [1.54, 1.807) is 12.1 Å². The van der Waals surface area contributed by atoms with Crippen LogP contribution in [0.25, 0.3) is 0 Å². The number of para-hydroxylation sites is 1. The number of carbonyl (C=O) groups is 1. The summed E-state index contributed by atoms with van der Waals surface area (Å²) in [4.78, 5) is 22.8. The number of benzene rings is 3. The third-order valence-corrected chi connectivity index (χ3v) is 5.57. The van der Waals surface area contributed by atoms with Crippen LogP contribution >= 0.6 is 11.6 Å². The molecule has 1 amide bonds. The van der Waals surface area contributed by atoms with Crippen molar-refractivity contribution in [3.05, 3.63) is 105 Å². The number of halogens is 1. The summed E-state index contributed by atoms with van der Waals surface area (Å²) in [5.74, 6) is 0.432. The lowest BCUT2D eigenvalue weighted by Gasteiger charge is -2.16. The maximum Gasteiger partial charge on any atom is 0.269 e. The average Bonchev–Trinajstić information content (AvgIpc) is 3.34. The van der Waals surface area contributed by atoms with Gasteiger partial charge in [0.1, 0.15) is 18.4 Å². The van der Waals surface area contributed by atoms with Crippen LogP contribution in [0.5, 0.6) is 5.75 Å². The van der Waals surface area contributed by atoms with Crippen LogP contribution in [-0.2, 0) is 11.4 Å². The molecule has 9 nitrogen and oxygen atoms in total. The Balaban J connectivity index is 1.32. The van der Waals surface area contributed by atoms with E-state index in [1.807, 2.05) is 48.5 Å². The fourth-order valence-corrected chi connectivity index (χ4v) is 3.63. The quantitative estimate of drug-likeness (QED) is 0.256. The van der Waals surface area contributed by atoms with E-state index < -0.39 is 11.0 Å². The highest BCUT2D eigenvalue weighted by Gasteiger charge is 2.31. The highest BCUT2D eigenvalue weighted by atomic mass is 35.5. The first-order chi connectivity index (χ1) is 16.5. The van der Waals surface area contributed by atoms with Gasteiger partial charge in [-0.25, -0.2) is 16.3 Å². The van der Waals surface area contributed by atoms with Crippen LogP contribution in [0.3, 0.4) is 0 Å². The van der Waals surface area contributed by atoms with Gasteiger partial charge < -0.3 is 4.74 Å². The molecule has 4 rings (SSSR count). The zero-order chi connectivity index (χ0) is 23.9. The smallest absolute Gasteiger partial charge is 0.269 e. The van der Waals surface area contributed by atoms with Crippen molar-refractivity contribution in [1.82, 2.24) is 16.3 Å². The number of hydrogen-bond acceptors (Lipinski definition) is 7. The third kappa shape index (κ3) is 5.96. The summed E-state index contributed by atoms with van der Waals surface area (Å²) in [5, 5.41) is 15.3. The molecule has 1 aliphatic heterocycles. The maximum absolute atomic E-state index is 12.5. The summed E-state index contributed by atoms with van der Waals surface area (Å²) < 4.78 is 6.03. The van der Waals surface area contributed by atoms with Gasteiger partial charge in [-0.1, -0.05) is 41.9 Å². The number of nitrogens with one attached hydrogen (secondary N) is 3. The lowest BCUT2D eigenvalue weighted by Crippen LogP contribution is -2.41. The number of nitro benzene ring substituents is 1. The molecule has 3 aromatic rings. The molecule has 0 radical (unpaired) electrons. The summed E-state index contributed by atoms with van der Waals surface area (Å²) in [6, 6.07) is 20.4. The monoisotopic (exact) mass is 479 g/mol. The SMILES string of the molecule is O=C(N/N=C/c1ccc([N+](=O)[O-])cc1)C1CC(c2ccccc2OCc2ccc(Cl)cc2)NN1. The number of carbonyl (C=O) groups excluding carboxylic acids is 1. The Morgan fingerprint density at radius 3 is 2.59 bits per heavy atom.